The Morgan fingerprint density at radius 1 is 1.24 bits per heavy atom. The fraction of sp³-hybridized carbons (Fsp3) is 0.429. The summed E-state index contributed by atoms with van der Waals surface area (Å²) in [5.41, 5.74) is 1.07. The van der Waals surface area contributed by atoms with Crippen LogP contribution in [-0.2, 0) is 21.2 Å². The van der Waals surface area contributed by atoms with Crippen LogP contribution in [0.4, 0.5) is 0 Å². The number of benzene rings is 1. The van der Waals surface area contributed by atoms with E-state index in [0.29, 0.717) is 6.54 Å². The molecule has 7 heteroatoms. The normalized spacial score (nSPS) is 21.3. The van der Waals surface area contributed by atoms with Crippen molar-refractivity contribution in [1.29, 1.82) is 0 Å². The Morgan fingerprint density at radius 2 is 1.86 bits per heavy atom. The van der Waals surface area contributed by atoms with E-state index in [1.54, 1.807) is 38.1 Å². The Hall–Kier alpha value is -1.34. The van der Waals surface area contributed by atoms with Gasteiger partial charge in [-0.25, -0.2) is 0 Å². The van der Waals surface area contributed by atoms with Crippen molar-refractivity contribution in [2.24, 2.45) is 4.40 Å². The van der Waals surface area contributed by atoms with Crippen molar-refractivity contribution in [3.8, 4) is 0 Å². The maximum atomic E-state index is 12.3. The Kier molecular flexibility index (Phi) is 4.73. The molecule has 114 valence electrons. The second-order valence-electron chi connectivity index (χ2n) is 4.69. The van der Waals surface area contributed by atoms with Gasteiger partial charge >= 0.3 is 0 Å². The molecule has 1 heterocycles. The lowest BCUT2D eigenvalue weighted by molar-refractivity contribution is -0.125. The first-order valence-corrected chi connectivity index (χ1v) is 9.13. The van der Waals surface area contributed by atoms with Crippen molar-refractivity contribution in [1.82, 2.24) is 4.90 Å². The van der Waals surface area contributed by atoms with Crippen LogP contribution >= 0.6 is 11.8 Å². The van der Waals surface area contributed by atoms with Crippen LogP contribution in [0.1, 0.15) is 26.3 Å². The highest BCUT2D eigenvalue weighted by atomic mass is 32.2. The number of sulfonamides is 1. The van der Waals surface area contributed by atoms with Gasteiger partial charge in [-0.1, -0.05) is 30.8 Å². The number of aryl methyl sites for hydroxylation is 1. The molecule has 1 aromatic carbocycles. The van der Waals surface area contributed by atoms with Crippen molar-refractivity contribution in [2.45, 2.75) is 37.3 Å². The average molecular weight is 326 g/mol. The molecule has 1 amide bonds. The van der Waals surface area contributed by atoms with Crippen molar-refractivity contribution >= 4 is 32.9 Å². The minimum atomic E-state index is -3.79. The lowest BCUT2D eigenvalue weighted by Crippen LogP contribution is -2.31. The molecule has 0 spiro atoms. The van der Waals surface area contributed by atoms with Gasteiger partial charge in [-0.15, -0.1) is 4.40 Å². The quantitative estimate of drug-likeness (QED) is 0.851. The predicted octanol–water partition coefficient (Wildman–Crippen LogP) is 2.28. The zero-order valence-electron chi connectivity index (χ0n) is 12.2. The fourth-order valence-electron chi connectivity index (χ4n) is 2.00. The van der Waals surface area contributed by atoms with Gasteiger partial charge in [-0.3, -0.25) is 9.69 Å². The monoisotopic (exact) mass is 326 g/mol. The molecule has 0 N–H and O–H groups in total. The minimum Gasteiger partial charge on any atom is -0.290 e. The Balaban J connectivity index is 2.35. The summed E-state index contributed by atoms with van der Waals surface area (Å²) in [5.74, 6) is -0.0993. The third-order valence-corrected chi connectivity index (χ3v) is 5.75. The summed E-state index contributed by atoms with van der Waals surface area (Å²) in [7, 11) is -3.79. The van der Waals surface area contributed by atoms with Gasteiger partial charge in [0.25, 0.3) is 10.0 Å². The van der Waals surface area contributed by atoms with Crippen molar-refractivity contribution in [2.75, 3.05) is 6.54 Å². The first kappa shape index (κ1) is 16.0. The molecule has 0 saturated carbocycles. The number of nitrogens with zero attached hydrogens (tertiary/aromatic N) is 2. The molecule has 1 atom stereocenters. The minimum absolute atomic E-state index is 0.0993. The second-order valence-corrected chi connectivity index (χ2v) is 7.60. The number of rotatable bonds is 4. The maximum Gasteiger partial charge on any atom is 0.284 e. The molecular weight excluding hydrogens is 308 g/mol. The Morgan fingerprint density at radius 3 is 2.38 bits per heavy atom. The van der Waals surface area contributed by atoms with Gasteiger partial charge in [0.15, 0.2) is 5.17 Å². The molecule has 0 bridgehead atoms. The summed E-state index contributed by atoms with van der Waals surface area (Å²) >= 11 is 1.18. The maximum absolute atomic E-state index is 12.3. The van der Waals surface area contributed by atoms with E-state index in [1.165, 1.54) is 16.7 Å². The SMILES string of the molecule is CCc1ccc(S(=O)(=O)/N=C2/SC(C)C(=O)N2CC)cc1. The molecule has 1 saturated heterocycles. The molecule has 0 aromatic heterocycles. The van der Waals surface area contributed by atoms with Crippen molar-refractivity contribution in [3.63, 3.8) is 0 Å². The molecule has 0 aliphatic carbocycles. The van der Waals surface area contributed by atoms with E-state index in [9.17, 15) is 13.2 Å². The van der Waals surface area contributed by atoms with Gasteiger partial charge in [0.2, 0.25) is 5.91 Å². The molecule has 1 fully saturated rings. The zero-order valence-corrected chi connectivity index (χ0v) is 13.9. The van der Waals surface area contributed by atoms with Gasteiger partial charge in [0.1, 0.15) is 0 Å². The molecule has 0 radical (unpaired) electrons. The average Bonchev–Trinajstić information content (AvgIpc) is 2.72. The fourth-order valence-corrected chi connectivity index (χ4v) is 4.25. The molecule has 1 unspecified atom stereocenters. The van der Waals surface area contributed by atoms with E-state index >= 15 is 0 Å². The molecule has 5 nitrogen and oxygen atoms in total. The number of amides is 1. The number of thioether (sulfide) groups is 1. The Bertz CT molecular complexity index is 666. The number of hydrogen-bond acceptors (Lipinski definition) is 4. The summed E-state index contributed by atoms with van der Waals surface area (Å²) < 4.78 is 28.5. The summed E-state index contributed by atoms with van der Waals surface area (Å²) in [6, 6.07) is 6.67. The number of hydrogen-bond donors (Lipinski definition) is 0. The van der Waals surface area contributed by atoms with E-state index in [1.807, 2.05) is 6.92 Å². The zero-order chi connectivity index (χ0) is 15.6. The third-order valence-electron chi connectivity index (χ3n) is 3.27. The van der Waals surface area contributed by atoms with Crippen LogP contribution in [0.3, 0.4) is 0 Å². The summed E-state index contributed by atoms with van der Waals surface area (Å²) in [5, 5.41) is -0.0315. The van der Waals surface area contributed by atoms with E-state index in [4.69, 9.17) is 0 Å². The number of carbonyl (C=O) groups excluding carboxylic acids is 1. The van der Waals surface area contributed by atoms with Gasteiger partial charge < -0.3 is 0 Å². The van der Waals surface area contributed by atoms with Crippen LogP contribution in [0, 0.1) is 0 Å². The summed E-state index contributed by atoms with van der Waals surface area (Å²) in [6.45, 7) is 5.97. The van der Waals surface area contributed by atoms with E-state index in [-0.39, 0.29) is 21.2 Å². The number of amidine groups is 1. The third kappa shape index (κ3) is 3.29. The van der Waals surface area contributed by atoms with E-state index < -0.39 is 10.0 Å². The largest absolute Gasteiger partial charge is 0.290 e. The lowest BCUT2D eigenvalue weighted by Gasteiger charge is -2.12. The highest BCUT2D eigenvalue weighted by Gasteiger charge is 2.35. The van der Waals surface area contributed by atoms with E-state index in [2.05, 4.69) is 4.40 Å². The standard InChI is InChI=1S/C14H18N2O3S2/c1-4-11-6-8-12(9-7-11)21(18,19)15-14-16(5-2)13(17)10(3)20-14/h6-10H,4-5H2,1-3H3/b15-14+. The lowest BCUT2D eigenvalue weighted by atomic mass is 10.2. The van der Waals surface area contributed by atoms with Crippen molar-refractivity contribution < 1.29 is 13.2 Å². The second kappa shape index (κ2) is 6.19. The first-order valence-electron chi connectivity index (χ1n) is 6.81. The van der Waals surface area contributed by atoms with Crippen LogP contribution in [-0.4, -0.2) is 36.2 Å². The molecular formula is C14H18N2O3S2. The molecule has 2 rings (SSSR count). The van der Waals surface area contributed by atoms with E-state index in [0.717, 1.165) is 12.0 Å². The van der Waals surface area contributed by atoms with Crippen LogP contribution in [0.25, 0.3) is 0 Å². The molecule has 1 aromatic rings. The molecule has 1 aliphatic rings. The molecule has 21 heavy (non-hydrogen) atoms. The molecule has 1 aliphatic heterocycles. The highest BCUT2D eigenvalue weighted by Crippen LogP contribution is 2.28. The van der Waals surface area contributed by atoms with Crippen LogP contribution in [0.5, 0.6) is 0 Å². The van der Waals surface area contributed by atoms with Gasteiger partial charge in [0.05, 0.1) is 10.1 Å². The Labute approximate surface area is 129 Å². The van der Waals surface area contributed by atoms with Crippen molar-refractivity contribution in [3.05, 3.63) is 29.8 Å². The number of carbonyl (C=O) groups is 1. The summed E-state index contributed by atoms with van der Waals surface area (Å²) in [4.78, 5) is 13.4. The van der Waals surface area contributed by atoms with Gasteiger partial charge in [0, 0.05) is 6.54 Å². The smallest absolute Gasteiger partial charge is 0.284 e. The summed E-state index contributed by atoms with van der Waals surface area (Å²) in [6.07, 6.45) is 0.848. The van der Waals surface area contributed by atoms with Crippen LogP contribution in [0.15, 0.2) is 33.6 Å². The van der Waals surface area contributed by atoms with Crippen LogP contribution < -0.4 is 0 Å². The van der Waals surface area contributed by atoms with Crippen LogP contribution in [0.2, 0.25) is 0 Å². The topological polar surface area (TPSA) is 66.8 Å². The van der Waals surface area contributed by atoms with Gasteiger partial charge in [-0.2, -0.15) is 8.42 Å². The highest BCUT2D eigenvalue weighted by molar-refractivity contribution is 8.16. The van der Waals surface area contributed by atoms with Gasteiger partial charge in [-0.05, 0) is 38.0 Å². The predicted molar refractivity (Wildman–Crippen MR) is 84.9 cm³/mol. The first-order chi connectivity index (χ1) is 9.89.